The molecule has 1 heterocycles. The number of carbonyl (C=O) groups is 4. The number of fused-ring (bicyclic) bond motifs is 1. The molecule has 0 radical (unpaired) electrons. The maximum absolute atomic E-state index is 13.2. The molecule has 1 fully saturated rings. The molecule has 2 aliphatic rings. The van der Waals surface area contributed by atoms with E-state index in [4.69, 9.17) is 4.74 Å². The molecule has 0 amide bonds. The third-order valence-electron chi connectivity index (χ3n) is 7.05. The summed E-state index contributed by atoms with van der Waals surface area (Å²) in [4.78, 5) is 52.2. The number of carbonyl (C=O) groups excluding carboxylic acids is 4. The highest BCUT2D eigenvalue weighted by Gasteiger charge is 2.35. The quantitative estimate of drug-likeness (QED) is 0.292. The lowest BCUT2D eigenvalue weighted by Crippen LogP contribution is -2.40. The molecule has 0 spiro atoms. The van der Waals surface area contributed by atoms with Crippen molar-refractivity contribution in [3.8, 4) is 5.75 Å². The van der Waals surface area contributed by atoms with Gasteiger partial charge in [-0.05, 0) is 55.7 Å². The molecule has 9 nitrogen and oxygen atoms in total. The van der Waals surface area contributed by atoms with Gasteiger partial charge in [0.2, 0.25) is 0 Å². The van der Waals surface area contributed by atoms with E-state index < -0.39 is 18.4 Å². The number of Topliss-reactive ketones (excluding diaryl/α,β-unsaturated/α-hetero) is 4. The summed E-state index contributed by atoms with van der Waals surface area (Å²) < 4.78 is 5.34. The Kier molecular flexibility index (Phi) is 9.68. The molecular formula is C26H35NO8. The van der Waals surface area contributed by atoms with Crippen molar-refractivity contribution in [2.75, 3.05) is 46.1 Å². The number of phenols is 1. The average molecular weight is 490 g/mol. The number of morpholine rings is 1. The van der Waals surface area contributed by atoms with Gasteiger partial charge >= 0.3 is 0 Å². The third-order valence-corrected chi connectivity index (χ3v) is 7.05. The van der Waals surface area contributed by atoms with Crippen LogP contribution in [0.4, 0.5) is 0 Å². The van der Waals surface area contributed by atoms with Gasteiger partial charge in [0.1, 0.15) is 17.3 Å². The number of rotatable bonds is 12. The minimum Gasteiger partial charge on any atom is -0.507 e. The number of aromatic hydroxyl groups is 1. The Labute approximate surface area is 205 Å². The van der Waals surface area contributed by atoms with E-state index in [0.717, 1.165) is 0 Å². The molecular weight excluding hydrogens is 454 g/mol. The molecule has 1 aromatic rings. The molecule has 3 N–H and O–H groups in total. The molecule has 1 aliphatic carbocycles. The Morgan fingerprint density at radius 2 is 1.86 bits per heavy atom. The van der Waals surface area contributed by atoms with Crippen molar-refractivity contribution in [1.82, 2.24) is 4.90 Å². The number of aliphatic hydroxyl groups is 2. The number of hydrogen-bond donors (Lipinski definition) is 3. The van der Waals surface area contributed by atoms with Crippen LogP contribution in [-0.2, 0) is 20.7 Å². The first-order chi connectivity index (χ1) is 16.7. The van der Waals surface area contributed by atoms with Crippen molar-refractivity contribution in [2.24, 2.45) is 17.8 Å². The molecule has 1 aromatic carbocycles. The minimum absolute atomic E-state index is 0.128. The lowest BCUT2D eigenvalue weighted by Gasteiger charge is -2.32. The predicted octanol–water partition coefficient (Wildman–Crippen LogP) is 1.20. The Bertz CT molecular complexity index is 953. The highest BCUT2D eigenvalue weighted by molar-refractivity contribution is 6.07. The lowest BCUT2D eigenvalue weighted by atomic mass is 9.72. The molecule has 3 rings (SSSR count). The number of aliphatic hydroxyl groups excluding tert-OH is 2. The van der Waals surface area contributed by atoms with Crippen molar-refractivity contribution in [3.05, 3.63) is 28.8 Å². The zero-order valence-electron chi connectivity index (χ0n) is 20.2. The van der Waals surface area contributed by atoms with Crippen molar-refractivity contribution in [3.63, 3.8) is 0 Å². The lowest BCUT2D eigenvalue weighted by molar-refractivity contribution is -0.131. The van der Waals surface area contributed by atoms with Crippen molar-refractivity contribution < 1.29 is 39.2 Å². The molecule has 3 unspecified atom stereocenters. The first-order valence-corrected chi connectivity index (χ1v) is 12.2. The zero-order chi connectivity index (χ0) is 25.5. The summed E-state index contributed by atoms with van der Waals surface area (Å²) in [5.74, 6) is -2.68. The van der Waals surface area contributed by atoms with Crippen LogP contribution in [0.25, 0.3) is 0 Å². The second-order valence-corrected chi connectivity index (χ2v) is 9.64. The normalized spacial score (nSPS) is 20.2. The summed E-state index contributed by atoms with van der Waals surface area (Å²) in [6.07, 6.45) is 0.819. The van der Waals surface area contributed by atoms with E-state index >= 15 is 0 Å². The SMILES string of the molecule is CC(=O)CC(=O)C(CO)C(CCO)CC1CC(=O)c2c(O)ccc(C(=O)CN3CCOCC3)c2C1. The highest BCUT2D eigenvalue weighted by atomic mass is 16.5. The fourth-order valence-electron chi connectivity index (χ4n) is 5.33. The number of ketones is 4. The topological polar surface area (TPSA) is 141 Å². The van der Waals surface area contributed by atoms with Crippen LogP contribution >= 0.6 is 0 Å². The summed E-state index contributed by atoms with van der Waals surface area (Å²) in [6.45, 7) is 3.27. The van der Waals surface area contributed by atoms with Gasteiger partial charge in [-0.3, -0.25) is 24.1 Å². The van der Waals surface area contributed by atoms with E-state index in [9.17, 15) is 34.5 Å². The van der Waals surface area contributed by atoms with Gasteiger partial charge in [-0.1, -0.05) is 0 Å². The van der Waals surface area contributed by atoms with E-state index in [1.54, 1.807) is 6.07 Å². The van der Waals surface area contributed by atoms with Crippen LogP contribution in [0.5, 0.6) is 5.75 Å². The number of ether oxygens (including phenoxy) is 1. The zero-order valence-corrected chi connectivity index (χ0v) is 20.2. The van der Waals surface area contributed by atoms with Gasteiger partial charge in [-0.25, -0.2) is 0 Å². The molecule has 0 bridgehead atoms. The molecule has 9 heteroatoms. The van der Waals surface area contributed by atoms with E-state index in [1.807, 2.05) is 4.90 Å². The molecule has 1 aliphatic heterocycles. The third kappa shape index (κ3) is 6.82. The molecule has 35 heavy (non-hydrogen) atoms. The summed E-state index contributed by atoms with van der Waals surface area (Å²) in [7, 11) is 0. The number of nitrogens with zero attached hydrogens (tertiary/aromatic N) is 1. The number of hydrogen-bond acceptors (Lipinski definition) is 9. The van der Waals surface area contributed by atoms with Crippen LogP contribution < -0.4 is 0 Å². The van der Waals surface area contributed by atoms with Crippen LogP contribution in [-0.4, -0.2) is 89.4 Å². The standard InChI is InChI=1S/C26H35NO8/c1-16(30)10-23(32)21(15-29)18(4-7-28)11-17-12-20-19(2-3-22(31)26(20)24(33)13-17)25(34)14-27-5-8-35-9-6-27/h2-3,17-18,21,28-29,31H,4-15H2,1H3. The highest BCUT2D eigenvalue weighted by Crippen LogP contribution is 2.38. The molecule has 0 saturated carbocycles. The van der Waals surface area contributed by atoms with Gasteiger partial charge in [-0.2, -0.15) is 0 Å². The Morgan fingerprint density at radius 3 is 2.49 bits per heavy atom. The van der Waals surface area contributed by atoms with E-state index in [1.165, 1.54) is 13.0 Å². The van der Waals surface area contributed by atoms with Crippen molar-refractivity contribution >= 4 is 23.1 Å². The molecule has 192 valence electrons. The summed E-state index contributed by atoms with van der Waals surface area (Å²) in [5, 5.41) is 29.8. The van der Waals surface area contributed by atoms with Crippen LogP contribution in [0.3, 0.4) is 0 Å². The van der Waals surface area contributed by atoms with Crippen LogP contribution in [0.1, 0.15) is 58.9 Å². The van der Waals surface area contributed by atoms with Crippen LogP contribution in [0.2, 0.25) is 0 Å². The first-order valence-electron chi connectivity index (χ1n) is 12.2. The van der Waals surface area contributed by atoms with Crippen LogP contribution in [0, 0.1) is 17.8 Å². The Morgan fingerprint density at radius 1 is 1.14 bits per heavy atom. The van der Waals surface area contributed by atoms with E-state index in [0.29, 0.717) is 50.3 Å². The van der Waals surface area contributed by atoms with Gasteiger partial charge in [0.25, 0.3) is 0 Å². The Balaban J connectivity index is 1.83. The first kappa shape index (κ1) is 27.1. The fourth-order valence-corrected chi connectivity index (χ4v) is 5.33. The molecule has 3 atom stereocenters. The smallest absolute Gasteiger partial charge is 0.177 e. The van der Waals surface area contributed by atoms with Gasteiger partial charge in [0.15, 0.2) is 11.6 Å². The summed E-state index contributed by atoms with van der Waals surface area (Å²) in [5.41, 5.74) is 1.11. The van der Waals surface area contributed by atoms with Crippen molar-refractivity contribution in [1.29, 1.82) is 0 Å². The number of benzene rings is 1. The maximum Gasteiger partial charge on any atom is 0.177 e. The van der Waals surface area contributed by atoms with Crippen LogP contribution in [0.15, 0.2) is 12.1 Å². The minimum atomic E-state index is -0.811. The maximum atomic E-state index is 13.2. The second kappa shape index (κ2) is 12.5. The van der Waals surface area contributed by atoms with E-state index in [-0.39, 0.29) is 72.8 Å². The largest absolute Gasteiger partial charge is 0.507 e. The second-order valence-electron chi connectivity index (χ2n) is 9.64. The Hall–Kier alpha value is -2.46. The average Bonchev–Trinajstić information content (AvgIpc) is 2.79. The van der Waals surface area contributed by atoms with Gasteiger partial charge in [0, 0.05) is 37.6 Å². The van der Waals surface area contributed by atoms with Gasteiger partial charge in [-0.15, -0.1) is 0 Å². The number of phenolic OH excluding ortho intramolecular Hbond substituents is 1. The summed E-state index contributed by atoms with van der Waals surface area (Å²) in [6, 6.07) is 2.95. The predicted molar refractivity (Wildman–Crippen MR) is 127 cm³/mol. The molecule has 1 saturated heterocycles. The van der Waals surface area contributed by atoms with Gasteiger partial charge in [0.05, 0.1) is 38.3 Å². The monoisotopic (exact) mass is 489 g/mol. The van der Waals surface area contributed by atoms with Gasteiger partial charge < -0.3 is 20.1 Å². The fraction of sp³-hybridized carbons (Fsp3) is 0.615. The van der Waals surface area contributed by atoms with E-state index in [2.05, 4.69) is 0 Å². The van der Waals surface area contributed by atoms with Crippen molar-refractivity contribution in [2.45, 2.75) is 39.0 Å². The molecule has 0 aromatic heterocycles. The summed E-state index contributed by atoms with van der Waals surface area (Å²) >= 11 is 0.